The Bertz CT molecular complexity index is 345. The zero-order chi connectivity index (χ0) is 12.5. The first-order chi connectivity index (χ1) is 7.89. The van der Waals surface area contributed by atoms with Gasteiger partial charge in [-0.2, -0.15) is 0 Å². The molecule has 2 heteroatoms. The van der Waals surface area contributed by atoms with Gasteiger partial charge < -0.3 is 9.73 Å². The van der Waals surface area contributed by atoms with Crippen LogP contribution in [0.15, 0.2) is 22.8 Å². The normalized spacial score (nSPS) is 20.2. The average molecular weight is 235 g/mol. The summed E-state index contributed by atoms with van der Waals surface area (Å²) in [5.41, 5.74) is 0.532. The quantitative estimate of drug-likeness (QED) is 0.843. The predicted octanol–water partition coefficient (Wildman–Crippen LogP) is 3.63. The zero-order valence-electron chi connectivity index (χ0n) is 11.5. The molecule has 0 amide bonds. The van der Waals surface area contributed by atoms with E-state index in [-0.39, 0.29) is 5.54 Å². The molecule has 0 aliphatic heterocycles. The molecular weight excluding hydrogens is 210 g/mol. The molecule has 2 nitrogen and oxygen atoms in total. The topological polar surface area (TPSA) is 25.2 Å². The SMILES string of the molecule is CC(C)(C)NCC(C)(Cc1ccco1)C1CC1. The minimum Gasteiger partial charge on any atom is -0.469 e. The van der Waals surface area contributed by atoms with Crippen LogP contribution >= 0.6 is 0 Å². The molecule has 1 aromatic heterocycles. The molecule has 1 fully saturated rings. The van der Waals surface area contributed by atoms with Gasteiger partial charge in [0.15, 0.2) is 0 Å². The molecule has 1 N–H and O–H groups in total. The molecule has 1 unspecified atom stereocenters. The maximum atomic E-state index is 5.51. The van der Waals surface area contributed by atoms with Gasteiger partial charge in [-0.25, -0.2) is 0 Å². The van der Waals surface area contributed by atoms with Gasteiger partial charge in [0.25, 0.3) is 0 Å². The highest BCUT2D eigenvalue weighted by Gasteiger charge is 2.42. The van der Waals surface area contributed by atoms with Crippen LogP contribution in [0, 0.1) is 11.3 Å². The molecule has 0 spiro atoms. The van der Waals surface area contributed by atoms with Gasteiger partial charge in [0.05, 0.1) is 6.26 Å². The summed E-state index contributed by atoms with van der Waals surface area (Å²) in [6.07, 6.45) is 5.58. The van der Waals surface area contributed by atoms with Crippen molar-refractivity contribution in [2.45, 2.75) is 52.5 Å². The van der Waals surface area contributed by atoms with Gasteiger partial charge >= 0.3 is 0 Å². The van der Waals surface area contributed by atoms with Gasteiger partial charge in [-0.1, -0.05) is 6.92 Å². The van der Waals surface area contributed by atoms with Crippen molar-refractivity contribution in [3.63, 3.8) is 0 Å². The molecule has 1 saturated carbocycles. The lowest BCUT2D eigenvalue weighted by Gasteiger charge is -2.33. The van der Waals surface area contributed by atoms with Crippen molar-refractivity contribution in [1.29, 1.82) is 0 Å². The first-order valence-electron chi connectivity index (χ1n) is 6.66. The lowest BCUT2D eigenvalue weighted by molar-refractivity contribution is 0.215. The van der Waals surface area contributed by atoms with Crippen LogP contribution in [-0.2, 0) is 6.42 Å². The molecule has 1 atom stereocenters. The second-order valence-electron chi connectivity index (χ2n) is 6.79. The van der Waals surface area contributed by atoms with Gasteiger partial charge in [-0.3, -0.25) is 0 Å². The highest BCUT2D eigenvalue weighted by atomic mass is 16.3. The van der Waals surface area contributed by atoms with E-state index in [0.717, 1.165) is 24.6 Å². The third-order valence-electron chi connectivity index (χ3n) is 3.74. The summed E-state index contributed by atoms with van der Waals surface area (Å²) in [6.45, 7) is 10.2. The van der Waals surface area contributed by atoms with Crippen molar-refractivity contribution in [2.75, 3.05) is 6.54 Å². The predicted molar refractivity (Wildman–Crippen MR) is 71.0 cm³/mol. The molecule has 1 aliphatic carbocycles. The number of nitrogens with one attached hydrogen (secondary N) is 1. The van der Waals surface area contributed by atoms with E-state index >= 15 is 0 Å². The summed E-state index contributed by atoms with van der Waals surface area (Å²) in [4.78, 5) is 0. The summed E-state index contributed by atoms with van der Waals surface area (Å²) in [6, 6.07) is 4.08. The van der Waals surface area contributed by atoms with E-state index in [9.17, 15) is 0 Å². The third kappa shape index (κ3) is 3.60. The molecule has 0 bridgehead atoms. The summed E-state index contributed by atoms with van der Waals surface area (Å²) in [5.74, 6) is 1.98. The third-order valence-corrected chi connectivity index (χ3v) is 3.74. The van der Waals surface area contributed by atoms with E-state index in [2.05, 4.69) is 39.1 Å². The van der Waals surface area contributed by atoms with Crippen molar-refractivity contribution < 1.29 is 4.42 Å². The lowest BCUT2D eigenvalue weighted by Crippen LogP contribution is -2.44. The van der Waals surface area contributed by atoms with Crippen molar-refractivity contribution in [2.24, 2.45) is 11.3 Å². The van der Waals surface area contributed by atoms with Gasteiger partial charge in [-0.05, 0) is 57.1 Å². The van der Waals surface area contributed by atoms with Gasteiger partial charge in [0.2, 0.25) is 0 Å². The number of furan rings is 1. The monoisotopic (exact) mass is 235 g/mol. The molecule has 96 valence electrons. The van der Waals surface area contributed by atoms with Crippen LogP contribution in [0.5, 0.6) is 0 Å². The molecule has 2 rings (SSSR count). The summed E-state index contributed by atoms with van der Waals surface area (Å²) in [5, 5.41) is 3.65. The second-order valence-corrected chi connectivity index (χ2v) is 6.79. The lowest BCUT2D eigenvalue weighted by atomic mass is 9.80. The maximum absolute atomic E-state index is 5.51. The van der Waals surface area contributed by atoms with E-state index < -0.39 is 0 Å². The molecule has 17 heavy (non-hydrogen) atoms. The summed E-state index contributed by atoms with van der Waals surface area (Å²) >= 11 is 0. The summed E-state index contributed by atoms with van der Waals surface area (Å²) in [7, 11) is 0. The van der Waals surface area contributed by atoms with Crippen LogP contribution < -0.4 is 5.32 Å². The van der Waals surface area contributed by atoms with E-state index in [1.807, 2.05) is 6.07 Å². The second kappa shape index (κ2) is 4.49. The summed E-state index contributed by atoms with van der Waals surface area (Å²) < 4.78 is 5.51. The Kier molecular flexibility index (Phi) is 3.35. The highest BCUT2D eigenvalue weighted by Crippen LogP contribution is 2.47. The van der Waals surface area contributed by atoms with E-state index in [4.69, 9.17) is 4.42 Å². The van der Waals surface area contributed by atoms with Gasteiger partial charge in [-0.15, -0.1) is 0 Å². The number of hydrogen-bond donors (Lipinski definition) is 1. The molecular formula is C15H25NO. The Morgan fingerprint density at radius 3 is 2.47 bits per heavy atom. The largest absolute Gasteiger partial charge is 0.469 e. The van der Waals surface area contributed by atoms with Crippen LogP contribution in [0.1, 0.15) is 46.3 Å². The fourth-order valence-corrected chi connectivity index (χ4v) is 2.41. The molecule has 1 heterocycles. The van der Waals surface area contributed by atoms with E-state index in [1.165, 1.54) is 12.8 Å². The maximum Gasteiger partial charge on any atom is 0.104 e. The smallest absolute Gasteiger partial charge is 0.104 e. The number of hydrogen-bond acceptors (Lipinski definition) is 2. The van der Waals surface area contributed by atoms with Crippen molar-refractivity contribution >= 4 is 0 Å². The molecule has 0 radical (unpaired) electrons. The Labute approximate surface area is 105 Å². The first-order valence-corrected chi connectivity index (χ1v) is 6.66. The van der Waals surface area contributed by atoms with Gasteiger partial charge in [0, 0.05) is 18.5 Å². The fraction of sp³-hybridized carbons (Fsp3) is 0.733. The van der Waals surface area contributed by atoms with Crippen molar-refractivity contribution in [3.8, 4) is 0 Å². The Balaban J connectivity index is 1.99. The first kappa shape index (κ1) is 12.7. The average Bonchev–Trinajstić information content (AvgIpc) is 2.97. The molecule has 1 aliphatic rings. The van der Waals surface area contributed by atoms with Crippen LogP contribution in [0.2, 0.25) is 0 Å². The standard InChI is InChI=1S/C15H25NO/c1-14(2,3)16-11-15(4,12-7-8-12)10-13-6-5-9-17-13/h5-6,9,12,16H,7-8,10-11H2,1-4H3. The highest BCUT2D eigenvalue weighted by molar-refractivity contribution is 5.06. The Morgan fingerprint density at radius 2 is 2.00 bits per heavy atom. The van der Waals surface area contributed by atoms with Gasteiger partial charge in [0.1, 0.15) is 5.76 Å². The fourth-order valence-electron chi connectivity index (χ4n) is 2.41. The van der Waals surface area contributed by atoms with Crippen LogP contribution in [0.4, 0.5) is 0 Å². The zero-order valence-corrected chi connectivity index (χ0v) is 11.5. The van der Waals surface area contributed by atoms with Crippen LogP contribution in [-0.4, -0.2) is 12.1 Å². The van der Waals surface area contributed by atoms with Crippen LogP contribution in [0.3, 0.4) is 0 Å². The van der Waals surface area contributed by atoms with Crippen LogP contribution in [0.25, 0.3) is 0 Å². The minimum absolute atomic E-state index is 0.194. The molecule has 0 aromatic carbocycles. The van der Waals surface area contributed by atoms with Crippen molar-refractivity contribution in [1.82, 2.24) is 5.32 Å². The Hall–Kier alpha value is -0.760. The van der Waals surface area contributed by atoms with Crippen molar-refractivity contribution in [3.05, 3.63) is 24.2 Å². The number of rotatable bonds is 5. The minimum atomic E-state index is 0.194. The molecule has 1 aromatic rings. The Morgan fingerprint density at radius 1 is 1.29 bits per heavy atom. The van der Waals surface area contributed by atoms with E-state index in [1.54, 1.807) is 6.26 Å². The molecule has 0 saturated heterocycles. The van der Waals surface area contributed by atoms with E-state index in [0.29, 0.717) is 5.41 Å².